The van der Waals surface area contributed by atoms with E-state index in [1.54, 1.807) is 6.33 Å². The molecule has 0 spiro atoms. The zero-order valence-corrected chi connectivity index (χ0v) is 11.0. The molecule has 3 aromatic rings. The largest absolute Gasteiger partial charge is 0.331 e. The van der Waals surface area contributed by atoms with Gasteiger partial charge in [-0.15, -0.1) is 10.2 Å². The molecule has 0 saturated heterocycles. The highest BCUT2D eigenvalue weighted by molar-refractivity contribution is 7.71. The van der Waals surface area contributed by atoms with Crippen LogP contribution >= 0.6 is 12.2 Å². The number of H-pyrrole nitrogens is 1. The monoisotopic (exact) mass is 259 g/mol. The summed E-state index contributed by atoms with van der Waals surface area (Å²) in [4.78, 5) is 3.21. The summed E-state index contributed by atoms with van der Waals surface area (Å²) in [5, 5.41) is 8.07. The highest BCUT2D eigenvalue weighted by Gasteiger charge is 2.16. The van der Waals surface area contributed by atoms with Gasteiger partial charge in [0.25, 0.3) is 0 Å². The molecule has 0 radical (unpaired) electrons. The molecule has 2 aromatic heterocycles. The molecule has 18 heavy (non-hydrogen) atoms. The Kier molecular flexibility index (Phi) is 2.52. The molecule has 6 heteroatoms. The molecule has 1 N–H and O–H groups in total. The Labute approximate surface area is 109 Å². The minimum absolute atomic E-state index is 0.0427. The van der Waals surface area contributed by atoms with Crippen LogP contribution in [0.4, 0.5) is 0 Å². The smallest absolute Gasteiger partial charge is 0.178 e. The maximum absolute atomic E-state index is 5.40. The fourth-order valence-electron chi connectivity index (χ4n) is 2.24. The van der Waals surface area contributed by atoms with Crippen molar-refractivity contribution >= 4 is 23.3 Å². The Balaban J connectivity index is 2.23. The molecular formula is C12H13N5S. The summed E-state index contributed by atoms with van der Waals surface area (Å²) in [6, 6.07) is 8.11. The molecule has 0 aliphatic heterocycles. The highest BCUT2D eigenvalue weighted by Crippen LogP contribution is 2.22. The average molecular weight is 259 g/mol. The second kappa shape index (κ2) is 4.06. The molecule has 1 aromatic carbocycles. The third-order valence-electron chi connectivity index (χ3n) is 3.13. The summed E-state index contributed by atoms with van der Waals surface area (Å²) >= 11 is 5.40. The van der Waals surface area contributed by atoms with E-state index in [4.69, 9.17) is 12.2 Å². The standard InChI is InChI=1S/C12H13N5S/c1-8(11-15-13-7-16(11)2)17-10-6-4-3-5-9(10)14-12(17)18/h3-8H,1-2H3,(H,14,18). The van der Waals surface area contributed by atoms with E-state index < -0.39 is 0 Å². The molecular weight excluding hydrogens is 246 g/mol. The molecule has 0 aliphatic carbocycles. The van der Waals surface area contributed by atoms with Gasteiger partial charge < -0.3 is 14.1 Å². The number of nitrogens with one attached hydrogen (secondary N) is 1. The fourth-order valence-corrected chi connectivity index (χ4v) is 2.61. The molecule has 0 fully saturated rings. The van der Waals surface area contributed by atoms with Crippen LogP contribution in [0.25, 0.3) is 11.0 Å². The van der Waals surface area contributed by atoms with Gasteiger partial charge in [0.15, 0.2) is 10.6 Å². The van der Waals surface area contributed by atoms with Gasteiger partial charge in [-0.05, 0) is 31.3 Å². The summed E-state index contributed by atoms with van der Waals surface area (Å²) in [5.74, 6) is 0.885. The normalized spacial score (nSPS) is 13.0. The second-order valence-corrected chi connectivity index (χ2v) is 4.68. The molecule has 1 atom stereocenters. The lowest BCUT2D eigenvalue weighted by Crippen LogP contribution is -2.12. The Bertz CT molecular complexity index is 751. The highest BCUT2D eigenvalue weighted by atomic mass is 32.1. The number of para-hydroxylation sites is 2. The van der Waals surface area contributed by atoms with E-state index in [1.807, 2.05) is 29.8 Å². The summed E-state index contributed by atoms with van der Waals surface area (Å²) in [6.45, 7) is 2.07. The van der Waals surface area contributed by atoms with Crippen molar-refractivity contribution < 1.29 is 0 Å². The van der Waals surface area contributed by atoms with Crippen LogP contribution in [0, 0.1) is 4.77 Å². The van der Waals surface area contributed by atoms with Crippen molar-refractivity contribution in [2.45, 2.75) is 13.0 Å². The minimum Gasteiger partial charge on any atom is -0.331 e. The fraction of sp³-hybridized carbons (Fsp3) is 0.250. The van der Waals surface area contributed by atoms with Gasteiger partial charge in [0.05, 0.1) is 17.1 Å². The van der Waals surface area contributed by atoms with Crippen molar-refractivity contribution in [3.8, 4) is 0 Å². The van der Waals surface area contributed by atoms with Crippen LogP contribution in [0.15, 0.2) is 30.6 Å². The van der Waals surface area contributed by atoms with Crippen molar-refractivity contribution in [2.75, 3.05) is 0 Å². The summed E-state index contributed by atoms with van der Waals surface area (Å²) in [7, 11) is 1.93. The number of benzene rings is 1. The van der Waals surface area contributed by atoms with E-state index in [1.165, 1.54) is 0 Å². The number of nitrogens with zero attached hydrogens (tertiary/aromatic N) is 4. The molecule has 5 nitrogen and oxygen atoms in total. The van der Waals surface area contributed by atoms with Gasteiger partial charge in [-0.1, -0.05) is 12.1 Å². The lowest BCUT2D eigenvalue weighted by Gasteiger charge is -2.13. The van der Waals surface area contributed by atoms with E-state index in [2.05, 4.69) is 32.7 Å². The zero-order valence-electron chi connectivity index (χ0n) is 10.2. The summed E-state index contributed by atoms with van der Waals surface area (Å²) in [5.41, 5.74) is 2.12. The first-order valence-electron chi connectivity index (χ1n) is 5.71. The number of aromatic nitrogens is 5. The second-order valence-electron chi connectivity index (χ2n) is 4.29. The van der Waals surface area contributed by atoms with Gasteiger partial charge in [-0.25, -0.2) is 0 Å². The van der Waals surface area contributed by atoms with Crippen LogP contribution in [-0.2, 0) is 7.05 Å². The Morgan fingerprint density at radius 3 is 2.83 bits per heavy atom. The third-order valence-corrected chi connectivity index (χ3v) is 3.43. The SMILES string of the molecule is CC(c1nncn1C)n1c(=S)[nH]c2ccccc21. The minimum atomic E-state index is 0.0427. The van der Waals surface area contributed by atoms with Crippen LogP contribution in [0.5, 0.6) is 0 Å². The molecule has 2 heterocycles. The number of fused-ring (bicyclic) bond motifs is 1. The zero-order chi connectivity index (χ0) is 12.7. The Morgan fingerprint density at radius 1 is 1.33 bits per heavy atom. The van der Waals surface area contributed by atoms with Crippen molar-refractivity contribution in [2.24, 2.45) is 7.05 Å². The van der Waals surface area contributed by atoms with Gasteiger partial charge in [0.1, 0.15) is 6.33 Å². The summed E-state index contributed by atoms with van der Waals surface area (Å²) in [6.07, 6.45) is 1.70. The maximum Gasteiger partial charge on any atom is 0.178 e. The van der Waals surface area contributed by atoms with Crippen molar-refractivity contribution in [1.29, 1.82) is 0 Å². The number of aromatic amines is 1. The van der Waals surface area contributed by atoms with Crippen LogP contribution in [0.3, 0.4) is 0 Å². The van der Waals surface area contributed by atoms with Crippen LogP contribution in [0.1, 0.15) is 18.8 Å². The van der Waals surface area contributed by atoms with Gasteiger partial charge in [-0.3, -0.25) is 0 Å². The van der Waals surface area contributed by atoms with Gasteiger partial charge in [0.2, 0.25) is 0 Å². The molecule has 0 bridgehead atoms. The van der Waals surface area contributed by atoms with E-state index in [0.717, 1.165) is 16.9 Å². The van der Waals surface area contributed by atoms with Gasteiger partial charge >= 0.3 is 0 Å². The van der Waals surface area contributed by atoms with E-state index in [0.29, 0.717) is 4.77 Å². The number of hydrogen-bond donors (Lipinski definition) is 1. The molecule has 0 amide bonds. The number of aryl methyl sites for hydroxylation is 1. The average Bonchev–Trinajstić information content (AvgIpc) is 2.91. The Hall–Kier alpha value is -1.95. The lowest BCUT2D eigenvalue weighted by atomic mass is 10.2. The third kappa shape index (κ3) is 1.57. The van der Waals surface area contributed by atoms with E-state index in [-0.39, 0.29) is 6.04 Å². The van der Waals surface area contributed by atoms with E-state index in [9.17, 15) is 0 Å². The molecule has 0 saturated carbocycles. The number of hydrogen-bond acceptors (Lipinski definition) is 3. The first-order chi connectivity index (χ1) is 8.68. The Morgan fingerprint density at radius 2 is 2.11 bits per heavy atom. The van der Waals surface area contributed by atoms with Gasteiger partial charge in [0, 0.05) is 7.05 Å². The predicted molar refractivity (Wildman–Crippen MR) is 71.9 cm³/mol. The van der Waals surface area contributed by atoms with E-state index >= 15 is 0 Å². The van der Waals surface area contributed by atoms with Crippen LogP contribution < -0.4 is 0 Å². The predicted octanol–water partition coefficient (Wildman–Crippen LogP) is 2.44. The van der Waals surface area contributed by atoms with Crippen LogP contribution in [-0.4, -0.2) is 24.3 Å². The topological polar surface area (TPSA) is 51.4 Å². The maximum atomic E-state index is 5.40. The molecule has 0 aliphatic rings. The van der Waals surface area contributed by atoms with Crippen LogP contribution in [0.2, 0.25) is 0 Å². The number of imidazole rings is 1. The quantitative estimate of drug-likeness (QED) is 0.719. The van der Waals surface area contributed by atoms with Crippen molar-refractivity contribution in [1.82, 2.24) is 24.3 Å². The van der Waals surface area contributed by atoms with Gasteiger partial charge in [-0.2, -0.15) is 0 Å². The molecule has 3 rings (SSSR count). The number of rotatable bonds is 2. The lowest BCUT2D eigenvalue weighted by molar-refractivity contribution is 0.581. The summed E-state index contributed by atoms with van der Waals surface area (Å²) < 4.78 is 4.68. The first kappa shape index (κ1) is 11.2. The van der Waals surface area contributed by atoms with Crippen molar-refractivity contribution in [3.05, 3.63) is 41.2 Å². The molecule has 1 unspecified atom stereocenters. The molecule has 92 valence electrons. The van der Waals surface area contributed by atoms with Crippen molar-refractivity contribution in [3.63, 3.8) is 0 Å². The first-order valence-corrected chi connectivity index (χ1v) is 6.12.